The van der Waals surface area contributed by atoms with Crippen LogP contribution in [0.1, 0.15) is 44.6 Å². The molecule has 1 aromatic heterocycles. The van der Waals surface area contributed by atoms with Gasteiger partial charge in [-0.05, 0) is 68.2 Å². The van der Waals surface area contributed by atoms with Gasteiger partial charge in [-0.25, -0.2) is 8.42 Å². The summed E-state index contributed by atoms with van der Waals surface area (Å²) in [6, 6.07) is 13.5. The monoisotopic (exact) mass is 503 g/mol. The summed E-state index contributed by atoms with van der Waals surface area (Å²) in [5, 5.41) is 8.15. The molecule has 1 aliphatic carbocycles. The van der Waals surface area contributed by atoms with E-state index < -0.39 is 10.0 Å². The maximum atomic E-state index is 13.1. The van der Waals surface area contributed by atoms with Gasteiger partial charge in [0.15, 0.2) is 0 Å². The van der Waals surface area contributed by atoms with Gasteiger partial charge in [0.2, 0.25) is 11.8 Å². The van der Waals surface area contributed by atoms with Crippen molar-refractivity contribution in [1.29, 1.82) is 0 Å². The van der Waals surface area contributed by atoms with Crippen LogP contribution in [0.25, 0.3) is 17.0 Å². The molecule has 0 aliphatic heterocycles. The lowest BCUT2D eigenvalue weighted by Crippen LogP contribution is -2.14. The summed E-state index contributed by atoms with van der Waals surface area (Å²) in [6.45, 7) is 7.51. The minimum atomic E-state index is -3.87. The molecule has 0 radical (unpaired) electrons. The normalized spacial score (nSPS) is 15.1. The molecule has 1 heterocycles. The fourth-order valence-electron chi connectivity index (χ4n) is 3.75. The number of anilines is 1. The Hall–Kier alpha value is -3.78. The summed E-state index contributed by atoms with van der Waals surface area (Å²) in [5.74, 6) is 0.806. The fraction of sp³-hybridized carbons (Fsp3) is 0.250. The third-order valence-corrected chi connectivity index (χ3v) is 7.66. The molecule has 1 N–H and O–H groups in total. The molecule has 1 aliphatic rings. The van der Waals surface area contributed by atoms with Crippen LogP contribution in [-0.2, 0) is 21.2 Å². The molecule has 2 aromatic carbocycles. The number of aryl methyl sites for hydroxylation is 1. The van der Waals surface area contributed by atoms with Crippen molar-refractivity contribution in [2.24, 2.45) is 5.41 Å². The molecule has 8 heteroatoms. The summed E-state index contributed by atoms with van der Waals surface area (Å²) < 4.78 is 34.7. The van der Waals surface area contributed by atoms with Gasteiger partial charge >= 0.3 is 0 Å². The minimum absolute atomic E-state index is 0.0693. The number of rotatable bonds is 11. The van der Waals surface area contributed by atoms with E-state index in [0.717, 1.165) is 24.0 Å². The zero-order chi connectivity index (χ0) is 25.8. The number of sulfonamides is 1. The molecule has 0 amide bonds. The van der Waals surface area contributed by atoms with Crippen LogP contribution in [0.15, 0.2) is 88.7 Å². The van der Waals surface area contributed by atoms with E-state index in [1.165, 1.54) is 12.1 Å². The molecule has 0 saturated heterocycles. The van der Waals surface area contributed by atoms with E-state index in [0.29, 0.717) is 30.0 Å². The maximum absolute atomic E-state index is 13.1. The highest BCUT2D eigenvalue weighted by Crippen LogP contribution is 2.46. The number of benzene rings is 2. The Morgan fingerprint density at radius 2 is 1.94 bits per heavy atom. The van der Waals surface area contributed by atoms with Crippen molar-refractivity contribution in [2.75, 3.05) is 4.72 Å². The average molecular weight is 504 g/mol. The van der Waals surface area contributed by atoms with E-state index in [4.69, 9.17) is 4.42 Å². The van der Waals surface area contributed by atoms with E-state index in [9.17, 15) is 13.2 Å². The number of allylic oxidation sites excluding steroid dienone is 5. The van der Waals surface area contributed by atoms with E-state index in [2.05, 4.69) is 21.5 Å². The van der Waals surface area contributed by atoms with Crippen LogP contribution in [0.3, 0.4) is 0 Å². The van der Waals surface area contributed by atoms with Crippen molar-refractivity contribution in [1.82, 2.24) is 10.2 Å². The van der Waals surface area contributed by atoms with Crippen molar-refractivity contribution in [2.45, 2.75) is 44.4 Å². The second-order valence-corrected chi connectivity index (χ2v) is 10.8. The summed E-state index contributed by atoms with van der Waals surface area (Å²) >= 11 is 0. The minimum Gasteiger partial charge on any atom is -0.416 e. The zero-order valence-electron chi connectivity index (χ0n) is 20.4. The molecule has 0 spiro atoms. The highest BCUT2D eigenvalue weighted by molar-refractivity contribution is 7.92. The van der Waals surface area contributed by atoms with Gasteiger partial charge in [0.05, 0.1) is 4.90 Å². The molecule has 0 bridgehead atoms. The van der Waals surface area contributed by atoms with Crippen LogP contribution in [-0.4, -0.2) is 24.4 Å². The van der Waals surface area contributed by atoms with E-state index in [-0.39, 0.29) is 22.0 Å². The van der Waals surface area contributed by atoms with Crippen molar-refractivity contribution in [3.8, 4) is 11.5 Å². The topological polar surface area (TPSA) is 102 Å². The molecule has 1 fully saturated rings. The first-order valence-corrected chi connectivity index (χ1v) is 13.3. The van der Waals surface area contributed by atoms with Gasteiger partial charge < -0.3 is 4.42 Å². The summed E-state index contributed by atoms with van der Waals surface area (Å²) in [7, 11) is -3.87. The van der Waals surface area contributed by atoms with E-state index in [1.807, 2.05) is 26.0 Å². The number of carbonyl (C=O) groups is 1. The van der Waals surface area contributed by atoms with Crippen LogP contribution >= 0.6 is 0 Å². The van der Waals surface area contributed by atoms with Crippen LogP contribution < -0.4 is 4.72 Å². The van der Waals surface area contributed by atoms with Crippen LogP contribution in [0.5, 0.6) is 0 Å². The van der Waals surface area contributed by atoms with E-state index >= 15 is 0 Å². The van der Waals surface area contributed by atoms with Crippen molar-refractivity contribution in [3.05, 3.63) is 90.9 Å². The number of Topliss-reactive ketones (excluding diaryl/α,β-unsaturated/α-hetero) is 1. The van der Waals surface area contributed by atoms with Gasteiger partial charge in [-0.15, -0.1) is 10.2 Å². The predicted octanol–water partition coefficient (Wildman–Crippen LogP) is 5.98. The van der Waals surface area contributed by atoms with Gasteiger partial charge in [0.25, 0.3) is 10.0 Å². The Labute approximate surface area is 211 Å². The van der Waals surface area contributed by atoms with Crippen LogP contribution in [0.4, 0.5) is 5.69 Å². The Kier molecular flexibility index (Phi) is 7.35. The van der Waals surface area contributed by atoms with Gasteiger partial charge in [0.1, 0.15) is 5.78 Å². The third kappa shape index (κ3) is 5.88. The van der Waals surface area contributed by atoms with Gasteiger partial charge in [-0.1, -0.05) is 49.9 Å². The summed E-state index contributed by atoms with van der Waals surface area (Å²) in [4.78, 5) is 12.4. The third-order valence-electron chi connectivity index (χ3n) is 6.28. The molecule has 7 nitrogen and oxygen atoms in total. The standard InChI is InChI=1S/C28H29N3O4S/c1-4-6-10-21(5-2)26-29-30-27(35-26)22-11-8-13-24(19-22)36(33,34)31-23-12-7-9-20(18-23)14-15-25(32)28(3)16-17-28/h4-13,18-19,31H,1,14-17H2,2-3H3/b10-6-,21-5+. The second kappa shape index (κ2) is 10.5. The highest BCUT2D eigenvalue weighted by atomic mass is 32.2. The van der Waals surface area contributed by atoms with Crippen molar-refractivity contribution in [3.63, 3.8) is 0 Å². The number of carbonyl (C=O) groups excluding carboxylic acids is 1. The number of ketones is 1. The highest BCUT2D eigenvalue weighted by Gasteiger charge is 2.43. The number of hydrogen-bond donors (Lipinski definition) is 1. The summed E-state index contributed by atoms with van der Waals surface area (Å²) in [6.07, 6.45) is 9.99. The molecule has 3 aromatic rings. The molecule has 4 rings (SSSR count). The first-order chi connectivity index (χ1) is 17.2. The number of nitrogens with one attached hydrogen (secondary N) is 1. The molecular weight excluding hydrogens is 474 g/mol. The van der Waals surface area contributed by atoms with Gasteiger partial charge in [-0.2, -0.15) is 0 Å². The fourth-order valence-corrected chi connectivity index (χ4v) is 4.84. The molecule has 36 heavy (non-hydrogen) atoms. The quantitative estimate of drug-likeness (QED) is 0.323. The number of nitrogens with zero attached hydrogens (tertiary/aromatic N) is 2. The Morgan fingerprint density at radius 3 is 2.67 bits per heavy atom. The van der Waals surface area contributed by atoms with Crippen molar-refractivity contribution >= 4 is 27.1 Å². The van der Waals surface area contributed by atoms with E-state index in [1.54, 1.807) is 48.6 Å². The Balaban J connectivity index is 1.49. The average Bonchev–Trinajstić information content (AvgIpc) is 3.44. The van der Waals surface area contributed by atoms with Gasteiger partial charge in [-0.3, -0.25) is 9.52 Å². The molecule has 0 unspecified atom stereocenters. The zero-order valence-corrected chi connectivity index (χ0v) is 21.2. The molecule has 186 valence electrons. The maximum Gasteiger partial charge on any atom is 0.261 e. The van der Waals surface area contributed by atoms with Gasteiger partial charge in [0, 0.05) is 28.7 Å². The van der Waals surface area contributed by atoms with Crippen molar-refractivity contribution < 1.29 is 17.6 Å². The second-order valence-electron chi connectivity index (χ2n) is 9.07. The lowest BCUT2D eigenvalue weighted by Gasteiger charge is -2.11. The smallest absolute Gasteiger partial charge is 0.261 e. The first-order valence-electron chi connectivity index (χ1n) is 11.8. The number of hydrogen-bond acceptors (Lipinski definition) is 6. The van der Waals surface area contributed by atoms with Crippen LogP contribution in [0, 0.1) is 5.41 Å². The lowest BCUT2D eigenvalue weighted by atomic mass is 9.97. The molecule has 0 atom stereocenters. The molecule has 1 saturated carbocycles. The SMILES string of the molecule is C=C/C=C\C(=C/C)c1nnc(-c2cccc(S(=O)(=O)Nc3cccc(CCC(=O)C4(C)CC4)c3)c2)o1. The van der Waals surface area contributed by atoms with Crippen LogP contribution in [0.2, 0.25) is 0 Å². The Bertz CT molecular complexity index is 1450. The predicted molar refractivity (Wildman–Crippen MR) is 141 cm³/mol. The Morgan fingerprint density at radius 1 is 1.17 bits per heavy atom. The number of aromatic nitrogens is 2. The largest absolute Gasteiger partial charge is 0.416 e. The summed E-state index contributed by atoms with van der Waals surface area (Å²) in [5.41, 5.74) is 2.41. The molecular formula is C28H29N3O4S. The lowest BCUT2D eigenvalue weighted by molar-refractivity contribution is -0.123. The first kappa shape index (κ1) is 25.3.